The molecular weight excluding hydrogens is 260 g/mol. The number of phenolic OH excluding ortho intramolecular Hbond substituents is 1. The summed E-state index contributed by atoms with van der Waals surface area (Å²) in [6, 6.07) is 3.83. The molecule has 2 rings (SSSR count). The van der Waals surface area contributed by atoms with Gasteiger partial charge in [0.2, 0.25) is 5.91 Å². The molecule has 0 aliphatic heterocycles. The monoisotopic (exact) mass is 278 g/mol. The molecule has 5 N–H and O–H groups in total. The van der Waals surface area contributed by atoms with E-state index >= 15 is 0 Å². The van der Waals surface area contributed by atoms with Crippen LogP contribution < -0.4 is 11.1 Å². The van der Waals surface area contributed by atoms with Gasteiger partial charge in [-0.05, 0) is 43.0 Å². The Labute approximate surface area is 116 Å². The second kappa shape index (κ2) is 5.50. The normalized spacial score (nSPS) is 16.2. The standard InChI is InChI=1S/C14H18N2O4/c15-8-14(4-1-5-14)7-12(18)16-11-3-2-9(17)6-10(11)13(19)20/h2-3,6,17H,1,4-5,7-8,15H2,(H,16,18)(H,19,20). The maximum absolute atomic E-state index is 12.0. The Hall–Kier alpha value is -2.08. The van der Waals surface area contributed by atoms with Crippen LogP contribution in [0.25, 0.3) is 0 Å². The van der Waals surface area contributed by atoms with Gasteiger partial charge in [0.15, 0.2) is 0 Å². The molecule has 20 heavy (non-hydrogen) atoms. The van der Waals surface area contributed by atoms with Crippen LogP contribution in [0.5, 0.6) is 5.75 Å². The first-order chi connectivity index (χ1) is 9.46. The van der Waals surface area contributed by atoms with Gasteiger partial charge in [0, 0.05) is 6.42 Å². The van der Waals surface area contributed by atoms with Crippen LogP contribution in [0.15, 0.2) is 18.2 Å². The van der Waals surface area contributed by atoms with Crippen molar-refractivity contribution >= 4 is 17.6 Å². The highest BCUT2D eigenvalue weighted by atomic mass is 16.4. The molecule has 1 amide bonds. The fourth-order valence-electron chi connectivity index (χ4n) is 2.48. The molecule has 1 aliphatic carbocycles. The van der Waals surface area contributed by atoms with E-state index in [1.807, 2.05) is 0 Å². The van der Waals surface area contributed by atoms with Crippen molar-refractivity contribution in [1.29, 1.82) is 0 Å². The number of carboxylic acid groups (broad SMARTS) is 1. The van der Waals surface area contributed by atoms with Crippen LogP contribution in [-0.4, -0.2) is 28.6 Å². The lowest BCUT2D eigenvalue weighted by molar-refractivity contribution is -0.119. The molecule has 1 aliphatic rings. The Balaban J connectivity index is 2.10. The molecule has 1 saturated carbocycles. The molecule has 108 valence electrons. The molecule has 1 fully saturated rings. The average molecular weight is 278 g/mol. The molecule has 0 spiro atoms. The van der Waals surface area contributed by atoms with E-state index in [-0.39, 0.29) is 28.3 Å². The molecule has 6 heteroatoms. The Kier molecular flexibility index (Phi) is 3.94. The van der Waals surface area contributed by atoms with Gasteiger partial charge in [0.1, 0.15) is 5.75 Å². The number of hydrogen-bond donors (Lipinski definition) is 4. The largest absolute Gasteiger partial charge is 0.508 e. The first kappa shape index (κ1) is 14.3. The van der Waals surface area contributed by atoms with Crippen molar-refractivity contribution in [2.45, 2.75) is 25.7 Å². The van der Waals surface area contributed by atoms with E-state index in [9.17, 15) is 14.7 Å². The number of phenols is 1. The fourth-order valence-corrected chi connectivity index (χ4v) is 2.48. The van der Waals surface area contributed by atoms with Gasteiger partial charge in [0.05, 0.1) is 11.3 Å². The molecule has 0 saturated heterocycles. The zero-order valence-corrected chi connectivity index (χ0v) is 11.1. The summed E-state index contributed by atoms with van der Waals surface area (Å²) in [5, 5.41) is 20.9. The van der Waals surface area contributed by atoms with Crippen LogP contribution in [-0.2, 0) is 4.79 Å². The van der Waals surface area contributed by atoms with Crippen molar-refractivity contribution in [2.75, 3.05) is 11.9 Å². The van der Waals surface area contributed by atoms with Crippen LogP contribution in [0, 0.1) is 5.41 Å². The van der Waals surface area contributed by atoms with E-state index in [1.165, 1.54) is 12.1 Å². The minimum Gasteiger partial charge on any atom is -0.508 e. The van der Waals surface area contributed by atoms with Crippen molar-refractivity contribution in [2.24, 2.45) is 11.1 Å². The number of nitrogens with one attached hydrogen (secondary N) is 1. The van der Waals surface area contributed by atoms with Gasteiger partial charge in [-0.3, -0.25) is 4.79 Å². The number of hydrogen-bond acceptors (Lipinski definition) is 4. The SMILES string of the molecule is NCC1(CC(=O)Nc2ccc(O)cc2C(=O)O)CCC1. The molecule has 0 unspecified atom stereocenters. The maximum atomic E-state index is 12.0. The second-order valence-corrected chi connectivity index (χ2v) is 5.32. The lowest BCUT2D eigenvalue weighted by Gasteiger charge is -2.40. The number of carboxylic acids is 1. The number of rotatable bonds is 5. The zero-order valence-electron chi connectivity index (χ0n) is 11.1. The Bertz CT molecular complexity index is 532. The van der Waals surface area contributed by atoms with Crippen molar-refractivity contribution in [3.8, 4) is 5.75 Å². The van der Waals surface area contributed by atoms with Gasteiger partial charge in [-0.2, -0.15) is 0 Å². The number of aromatic hydroxyl groups is 1. The van der Waals surface area contributed by atoms with Gasteiger partial charge in [-0.15, -0.1) is 0 Å². The summed E-state index contributed by atoms with van der Waals surface area (Å²) in [6.45, 7) is 0.460. The first-order valence-corrected chi connectivity index (χ1v) is 6.52. The molecule has 0 atom stereocenters. The smallest absolute Gasteiger partial charge is 0.337 e. The summed E-state index contributed by atoms with van der Waals surface area (Å²) in [7, 11) is 0. The van der Waals surface area contributed by atoms with Crippen LogP contribution in [0.2, 0.25) is 0 Å². The summed E-state index contributed by atoms with van der Waals surface area (Å²) in [4.78, 5) is 23.1. The van der Waals surface area contributed by atoms with Crippen LogP contribution in [0.4, 0.5) is 5.69 Å². The fraction of sp³-hybridized carbons (Fsp3) is 0.429. The summed E-state index contributed by atoms with van der Waals surface area (Å²) in [5.74, 6) is -1.60. The molecule has 0 bridgehead atoms. The van der Waals surface area contributed by atoms with Gasteiger partial charge >= 0.3 is 5.97 Å². The van der Waals surface area contributed by atoms with Crippen molar-refractivity contribution in [1.82, 2.24) is 0 Å². The number of amides is 1. The van der Waals surface area contributed by atoms with E-state index in [0.717, 1.165) is 25.3 Å². The number of carbonyl (C=O) groups excluding carboxylic acids is 1. The van der Waals surface area contributed by atoms with E-state index in [0.29, 0.717) is 13.0 Å². The van der Waals surface area contributed by atoms with Crippen LogP contribution in [0.1, 0.15) is 36.0 Å². The highest BCUT2D eigenvalue weighted by Gasteiger charge is 2.37. The number of aromatic carboxylic acids is 1. The molecule has 0 aromatic heterocycles. The van der Waals surface area contributed by atoms with Crippen LogP contribution in [0.3, 0.4) is 0 Å². The average Bonchev–Trinajstić information content (AvgIpc) is 2.36. The molecule has 1 aromatic carbocycles. The van der Waals surface area contributed by atoms with E-state index in [2.05, 4.69) is 5.32 Å². The van der Waals surface area contributed by atoms with Crippen molar-refractivity contribution < 1.29 is 19.8 Å². The van der Waals surface area contributed by atoms with Crippen molar-refractivity contribution in [3.63, 3.8) is 0 Å². The Morgan fingerprint density at radius 2 is 2.05 bits per heavy atom. The third kappa shape index (κ3) is 2.91. The molecule has 6 nitrogen and oxygen atoms in total. The minimum atomic E-state index is -1.20. The van der Waals surface area contributed by atoms with Gasteiger partial charge < -0.3 is 21.3 Å². The summed E-state index contributed by atoms with van der Waals surface area (Å²) < 4.78 is 0. The van der Waals surface area contributed by atoms with E-state index in [1.54, 1.807) is 0 Å². The first-order valence-electron chi connectivity index (χ1n) is 6.52. The van der Waals surface area contributed by atoms with Crippen molar-refractivity contribution in [3.05, 3.63) is 23.8 Å². The number of anilines is 1. The Morgan fingerprint density at radius 1 is 1.35 bits per heavy atom. The third-order valence-electron chi connectivity index (χ3n) is 3.89. The zero-order chi connectivity index (χ0) is 14.8. The second-order valence-electron chi connectivity index (χ2n) is 5.32. The lowest BCUT2D eigenvalue weighted by Crippen LogP contribution is -2.40. The van der Waals surface area contributed by atoms with Crippen LogP contribution >= 0.6 is 0 Å². The Morgan fingerprint density at radius 3 is 2.55 bits per heavy atom. The summed E-state index contributed by atoms with van der Waals surface area (Å²) in [5.41, 5.74) is 5.62. The van der Waals surface area contributed by atoms with E-state index < -0.39 is 5.97 Å². The van der Waals surface area contributed by atoms with E-state index in [4.69, 9.17) is 10.8 Å². The predicted octanol–water partition coefficient (Wildman–Crippen LogP) is 1.55. The number of nitrogens with two attached hydrogens (primary N) is 1. The lowest BCUT2D eigenvalue weighted by atomic mass is 9.66. The number of carbonyl (C=O) groups is 2. The van der Waals surface area contributed by atoms with Gasteiger partial charge in [-0.1, -0.05) is 6.42 Å². The summed E-state index contributed by atoms with van der Waals surface area (Å²) >= 11 is 0. The maximum Gasteiger partial charge on any atom is 0.337 e. The van der Waals surface area contributed by atoms with Gasteiger partial charge in [-0.25, -0.2) is 4.79 Å². The van der Waals surface area contributed by atoms with Gasteiger partial charge in [0.25, 0.3) is 0 Å². The minimum absolute atomic E-state index is 0.131. The molecular formula is C14H18N2O4. The highest BCUT2D eigenvalue weighted by Crippen LogP contribution is 2.43. The molecule has 0 radical (unpaired) electrons. The topological polar surface area (TPSA) is 113 Å². The quantitative estimate of drug-likeness (QED) is 0.610. The highest BCUT2D eigenvalue weighted by molar-refractivity contribution is 6.01. The summed E-state index contributed by atoms with van der Waals surface area (Å²) in [6.07, 6.45) is 3.23. The third-order valence-corrected chi connectivity index (χ3v) is 3.89. The molecule has 1 aromatic rings. The molecule has 0 heterocycles. The predicted molar refractivity (Wildman–Crippen MR) is 73.7 cm³/mol. The number of benzene rings is 1.